The minimum absolute atomic E-state index is 0. The number of methoxy groups -OCH3 is 1. The van der Waals surface area contributed by atoms with Gasteiger partial charge in [0.15, 0.2) is 0 Å². The number of nitrogens with one attached hydrogen (secondary N) is 3. The van der Waals surface area contributed by atoms with Crippen molar-refractivity contribution < 1.29 is 22.7 Å². The molecule has 1 aliphatic heterocycles. The molecule has 1 aliphatic rings. The summed E-state index contributed by atoms with van der Waals surface area (Å²) in [5, 5.41) is 6.27. The molecule has 36 heavy (non-hydrogen) atoms. The van der Waals surface area contributed by atoms with Crippen molar-refractivity contribution in [2.45, 2.75) is 51.0 Å². The molecule has 1 saturated heterocycles. The first-order valence-electron chi connectivity index (χ1n) is 12.1. The number of unbranched alkanes of at least 4 members (excludes halogenated alkanes) is 1. The SMILES string of the molecule is CCCCS(=O)(=O)NC(Cc1ccc(NC(=O)c2cccc(C3CCNCC3)c2)cc1)C(=O)OC.Cl. The van der Waals surface area contributed by atoms with Gasteiger partial charge >= 0.3 is 5.97 Å². The highest BCUT2D eigenvalue weighted by atomic mass is 35.5. The maximum atomic E-state index is 12.8. The van der Waals surface area contributed by atoms with Gasteiger partial charge in [-0.3, -0.25) is 9.59 Å². The smallest absolute Gasteiger partial charge is 0.324 e. The molecule has 1 atom stereocenters. The minimum Gasteiger partial charge on any atom is -0.468 e. The van der Waals surface area contributed by atoms with E-state index in [0.717, 1.165) is 37.9 Å². The molecule has 10 heteroatoms. The molecule has 0 bridgehead atoms. The zero-order chi connectivity index (χ0) is 25.3. The van der Waals surface area contributed by atoms with Gasteiger partial charge < -0.3 is 15.4 Å². The number of anilines is 1. The number of carbonyl (C=O) groups excluding carboxylic acids is 2. The summed E-state index contributed by atoms with van der Waals surface area (Å²) in [4.78, 5) is 25.0. The highest BCUT2D eigenvalue weighted by Crippen LogP contribution is 2.26. The highest BCUT2D eigenvalue weighted by molar-refractivity contribution is 7.89. The fourth-order valence-corrected chi connectivity index (χ4v) is 5.58. The summed E-state index contributed by atoms with van der Waals surface area (Å²) < 4.78 is 31.8. The zero-order valence-corrected chi connectivity index (χ0v) is 22.4. The van der Waals surface area contributed by atoms with Gasteiger partial charge in [0.25, 0.3) is 5.91 Å². The van der Waals surface area contributed by atoms with Crippen molar-refractivity contribution in [2.24, 2.45) is 0 Å². The lowest BCUT2D eigenvalue weighted by atomic mass is 9.89. The molecule has 1 heterocycles. The maximum absolute atomic E-state index is 12.8. The second-order valence-corrected chi connectivity index (χ2v) is 10.7. The monoisotopic (exact) mass is 537 g/mol. The van der Waals surface area contributed by atoms with Crippen LogP contribution in [0.3, 0.4) is 0 Å². The number of ether oxygens (including phenoxy) is 1. The standard InChI is InChI=1S/C26H35N3O5S.ClH/c1-3-4-16-35(32,33)29-24(26(31)34-2)17-19-8-10-23(11-9-19)28-25(30)22-7-5-6-21(18-22)20-12-14-27-15-13-20;/h5-11,18,20,24,27,29H,3-4,12-17H2,1-2H3,(H,28,30);1H. The van der Waals surface area contributed by atoms with Crippen molar-refractivity contribution >= 4 is 40.0 Å². The van der Waals surface area contributed by atoms with E-state index < -0.39 is 22.0 Å². The second kappa shape index (κ2) is 14.3. The van der Waals surface area contributed by atoms with Crippen LogP contribution in [0.25, 0.3) is 0 Å². The Balaban J connectivity index is 0.00000456. The van der Waals surface area contributed by atoms with Crippen molar-refractivity contribution in [3.05, 3.63) is 65.2 Å². The molecule has 0 aromatic heterocycles. The van der Waals surface area contributed by atoms with E-state index in [2.05, 4.69) is 21.4 Å². The van der Waals surface area contributed by atoms with Crippen molar-refractivity contribution in [1.29, 1.82) is 0 Å². The molecule has 0 saturated carbocycles. The molecule has 2 aromatic carbocycles. The third kappa shape index (κ3) is 8.89. The first-order valence-corrected chi connectivity index (χ1v) is 13.8. The van der Waals surface area contributed by atoms with Gasteiger partial charge in [-0.25, -0.2) is 13.1 Å². The molecule has 3 N–H and O–H groups in total. The normalized spacial score (nSPS) is 14.9. The van der Waals surface area contributed by atoms with Crippen LogP contribution in [0, 0.1) is 0 Å². The number of rotatable bonds is 11. The van der Waals surface area contributed by atoms with Crippen molar-refractivity contribution in [3.8, 4) is 0 Å². The Labute approximate surface area is 220 Å². The van der Waals surface area contributed by atoms with Gasteiger partial charge in [0.05, 0.1) is 12.9 Å². The van der Waals surface area contributed by atoms with Crippen LogP contribution in [-0.4, -0.2) is 52.3 Å². The van der Waals surface area contributed by atoms with E-state index in [1.54, 1.807) is 30.3 Å². The average Bonchev–Trinajstić information content (AvgIpc) is 2.88. The van der Waals surface area contributed by atoms with E-state index in [9.17, 15) is 18.0 Å². The molecular formula is C26H36ClN3O5S. The number of sulfonamides is 1. The Morgan fingerprint density at radius 3 is 2.44 bits per heavy atom. The number of piperidine rings is 1. The molecule has 198 valence electrons. The molecular weight excluding hydrogens is 502 g/mol. The molecule has 0 spiro atoms. The number of halogens is 1. The van der Waals surface area contributed by atoms with Gasteiger partial charge in [-0.15, -0.1) is 12.4 Å². The summed E-state index contributed by atoms with van der Waals surface area (Å²) in [6.45, 7) is 3.88. The molecule has 1 amide bonds. The first-order chi connectivity index (χ1) is 16.8. The second-order valence-electron chi connectivity index (χ2n) is 8.87. The van der Waals surface area contributed by atoms with Crippen LogP contribution in [0.15, 0.2) is 48.5 Å². The summed E-state index contributed by atoms with van der Waals surface area (Å²) >= 11 is 0. The fourth-order valence-electron chi connectivity index (χ4n) is 4.18. The van der Waals surface area contributed by atoms with E-state index in [1.165, 1.54) is 12.7 Å². The molecule has 1 fully saturated rings. The quantitative estimate of drug-likeness (QED) is 0.377. The topological polar surface area (TPSA) is 114 Å². The average molecular weight is 538 g/mol. The summed E-state index contributed by atoms with van der Waals surface area (Å²) in [5.41, 5.74) is 3.15. The van der Waals surface area contributed by atoms with Gasteiger partial charge in [0, 0.05) is 11.3 Å². The van der Waals surface area contributed by atoms with E-state index in [-0.39, 0.29) is 30.5 Å². The van der Waals surface area contributed by atoms with Gasteiger partial charge in [-0.1, -0.05) is 37.6 Å². The fraction of sp³-hybridized carbons (Fsp3) is 0.462. The Morgan fingerprint density at radius 1 is 1.11 bits per heavy atom. The van der Waals surface area contributed by atoms with E-state index in [0.29, 0.717) is 23.6 Å². The van der Waals surface area contributed by atoms with Gasteiger partial charge in [0.1, 0.15) is 6.04 Å². The molecule has 3 rings (SSSR count). The Hall–Kier alpha value is -2.46. The van der Waals surface area contributed by atoms with Gasteiger partial charge in [-0.2, -0.15) is 0 Å². The van der Waals surface area contributed by atoms with Crippen LogP contribution in [0.2, 0.25) is 0 Å². The van der Waals surface area contributed by atoms with Gasteiger partial charge in [-0.05, 0) is 80.1 Å². The summed E-state index contributed by atoms with van der Waals surface area (Å²) in [6, 6.07) is 13.8. The first kappa shape index (κ1) is 29.8. The third-order valence-electron chi connectivity index (χ3n) is 6.19. The van der Waals surface area contributed by atoms with Crippen LogP contribution in [0.4, 0.5) is 5.69 Å². The maximum Gasteiger partial charge on any atom is 0.324 e. The zero-order valence-electron chi connectivity index (χ0n) is 20.8. The summed E-state index contributed by atoms with van der Waals surface area (Å²) in [6.07, 6.45) is 3.52. The van der Waals surface area contributed by atoms with Crippen molar-refractivity contribution in [2.75, 3.05) is 31.3 Å². The molecule has 1 unspecified atom stereocenters. The van der Waals surface area contributed by atoms with Crippen LogP contribution >= 0.6 is 12.4 Å². The van der Waals surface area contributed by atoms with Crippen LogP contribution < -0.4 is 15.4 Å². The summed E-state index contributed by atoms with van der Waals surface area (Å²) in [5.74, 6) is -0.410. The number of benzene rings is 2. The number of carbonyl (C=O) groups is 2. The lowest BCUT2D eigenvalue weighted by molar-refractivity contribution is -0.142. The summed E-state index contributed by atoms with van der Waals surface area (Å²) in [7, 11) is -2.37. The number of hydrogen-bond acceptors (Lipinski definition) is 6. The van der Waals surface area contributed by atoms with E-state index >= 15 is 0 Å². The Kier molecular flexibility index (Phi) is 11.8. The van der Waals surface area contributed by atoms with Gasteiger partial charge in [0.2, 0.25) is 10.0 Å². The molecule has 0 radical (unpaired) electrons. The number of amides is 1. The van der Waals surface area contributed by atoms with E-state index in [1.807, 2.05) is 19.1 Å². The Morgan fingerprint density at radius 2 is 1.81 bits per heavy atom. The van der Waals surface area contributed by atoms with E-state index in [4.69, 9.17) is 4.74 Å². The highest BCUT2D eigenvalue weighted by Gasteiger charge is 2.25. The predicted molar refractivity (Wildman–Crippen MR) is 144 cm³/mol. The van der Waals surface area contributed by atoms with Crippen LogP contribution in [0.5, 0.6) is 0 Å². The van der Waals surface area contributed by atoms with Crippen LogP contribution in [-0.2, 0) is 26.0 Å². The largest absolute Gasteiger partial charge is 0.468 e. The molecule has 0 aliphatic carbocycles. The molecule has 8 nitrogen and oxygen atoms in total. The predicted octanol–water partition coefficient (Wildman–Crippen LogP) is 3.63. The lowest BCUT2D eigenvalue weighted by Gasteiger charge is -2.23. The van der Waals surface area contributed by atoms with Crippen molar-refractivity contribution in [1.82, 2.24) is 10.0 Å². The molecule has 2 aromatic rings. The van der Waals surface area contributed by atoms with Crippen LogP contribution in [0.1, 0.15) is 60.0 Å². The van der Waals surface area contributed by atoms with Crippen molar-refractivity contribution in [3.63, 3.8) is 0 Å². The lowest BCUT2D eigenvalue weighted by Crippen LogP contribution is -2.43. The minimum atomic E-state index is -3.60. The number of hydrogen-bond donors (Lipinski definition) is 3. The Bertz CT molecular complexity index is 1100. The number of esters is 1. The third-order valence-corrected chi connectivity index (χ3v) is 7.65.